The monoisotopic (exact) mass is 361 g/mol. The molecule has 3 heterocycles. The van der Waals surface area contributed by atoms with Gasteiger partial charge in [0, 0.05) is 33.4 Å². The second kappa shape index (κ2) is 7.83. The molecule has 3 rings (SSSR count). The lowest BCUT2D eigenvalue weighted by Gasteiger charge is -2.34. The molecular formula is C13H23N5O5S. The van der Waals surface area contributed by atoms with Crippen molar-refractivity contribution in [2.24, 2.45) is 0 Å². The summed E-state index contributed by atoms with van der Waals surface area (Å²) in [4.78, 5) is 1.42. The third-order valence-electron chi connectivity index (χ3n) is 4.23. The van der Waals surface area contributed by atoms with Crippen molar-refractivity contribution in [2.75, 3.05) is 46.6 Å². The van der Waals surface area contributed by atoms with Crippen LogP contribution in [0.4, 0.5) is 0 Å². The molecule has 0 N–H and O–H groups in total. The molecule has 0 radical (unpaired) electrons. The molecule has 1 aromatic rings. The molecule has 0 bridgehead atoms. The molecule has 136 valence electrons. The van der Waals surface area contributed by atoms with Crippen LogP contribution in [0.3, 0.4) is 0 Å². The number of tetrazole rings is 1. The van der Waals surface area contributed by atoms with E-state index in [-0.39, 0.29) is 11.8 Å². The van der Waals surface area contributed by atoms with Crippen LogP contribution in [0.25, 0.3) is 0 Å². The van der Waals surface area contributed by atoms with Crippen LogP contribution in [-0.2, 0) is 30.8 Å². The number of hydrogen-bond acceptors (Lipinski definition) is 8. The first kappa shape index (κ1) is 17.7. The van der Waals surface area contributed by atoms with Gasteiger partial charge in [0.1, 0.15) is 6.10 Å². The van der Waals surface area contributed by atoms with Crippen molar-refractivity contribution in [2.45, 2.75) is 30.7 Å². The van der Waals surface area contributed by atoms with Gasteiger partial charge in [-0.25, -0.2) is 8.42 Å². The van der Waals surface area contributed by atoms with Gasteiger partial charge in [-0.2, -0.15) is 9.10 Å². The summed E-state index contributed by atoms with van der Waals surface area (Å²) in [5, 5.41) is 11.8. The van der Waals surface area contributed by atoms with Crippen molar-refractivity contribution in [3.63, 3.8) is 0 Å². The fraction of sp³-hybridized carbons (Fsp3) is 0.923. The number of nitrogens with zero attached hydrogens (tertiary/aromatic N) is 5. The molecule has 0 amide bonds. The lowest BCUT2D eigenvalue weighted by atomic mass is 10.2. The molecule has 24 heavy (non-hydrogen) atoms. The Morgan fingerprint density at radius 3 is 2.83 bits per heavy atom. The van der Waals surface area contributed by atoms with E-state index < -0.39 is 16.1 Å². The van der Waals surface area contributed by atoms with E-state index in [1.807, 2.05) is 0 Å². The Kier molecular flexibility index (Phi) is 5.76. The average Bonchev–Trinajstić information content (AvgIpc) is 3.10. The maximum atomic E-state index is 12.8. The van der Waals surface area contributed by atoms with Crippen molar-refractivity contribution >= 4 is 10.0 Å². The van der Waals surface area contributed by atoms with Gasteiger partial charge in [0.15, 0.2) is 0 Å². The van der Waals surface area contributed by atoms with Gasteiger partial charge < -0.3 is 14.2 Å². The summed E-state index contributed by atoms with van der Waals surface area (Å²) in [6.07, 6.45) is 0.579. The van der Waals surface area contributed by atoms with Gasteiger partial charge in [0.05, 0.1) is 25.0 Å². The Morgan fingerprint density at radius 1 is 1.29 bits per heavy atom. The Morgan fingerprint density at radius 2 is 2.08 bits per heavy atom. The Bertz CT molecular complexity index is 630. The number of ether oxygens (including phenoxy) is 3. The van der Waals surface area contributed by atoms with Gasteiger partial charge in [-0.1, -0.05) is 0 Å². The predicted octanol–water partition coefficient (Wildman–Crippen LogP) is -0.798. The van der Waals surface area contributed by atoms with Crippen LogP contribution in [0.5, 0.6) is 0 Å². The summed E-state index contributed by atoms with van der Waals surface area (Å²) in [7, 11) is -1.76. The van der Waals surface area contributed by atoms with Crippen LogP contribution in [0.2, 0.25) is 0 Å². The highest BCUT2D eigenvalue weighted by Crippen LogP contribution is 2.25. The van der Waals surface area contributed by atoms with Gasteiger partial charge in [0.25, 0.3) is 0 Å². The third-order valence-corrected chi connectivity index (χ3v) is 6.60. The fourth-order valence-corrected chi connectivity index (χ4v) is 4.73. The molecule has 1 aromatic heterocycles. The zero-order valence-corrected chi connectivity index (χ0v) is 14.5. The summed E-state index contributed by atoms with van der Waals surface area (Å²) < 4.78 is 43.0. The van der Waals surface area contributed by atoms with Crippen LogP contribution in [-0.4, -0.2) is 84.8 Å². The highest BCUT2D eigenvalue weighted by Gasteiger charge is 2.37. The van der Waals surface area contributed by atoms with Gasteiger partial charge in [-0.3, -0.25) is 0 Å². The molecule has 11 heteroatoms. The van der Waals surface area contributed by atoms with Crippen LogP contribution in [0.1, 0.15) is 24.8 Å². The molecule has 0 aliphatic carbocycles. The van der Waals surface area contributed by atoms with Gasteiger partial charge in [0.2, 0.25) is 15.8 Å². The lowest BCUT2D eigenvalue weighted by Crippen LogP contribution is -2.47. The van der Waals surface area contributed by atoms with Gasteiger partial charge >= 0.3 is 0 Å². The number of hydrogen-bond donors (Lipinski definition) is 0. The summed E-state index contributed by atoms with van der Waals surface area (Å²) in [6.45, 7) is 2.84. The third kappa shape index (κ3) is 3.91. The first-order valence-electron chi connectivity index (χ1n) is 8.06. The average molecular weight is 361 g/mol. The number of rotatable bonds is 6. The smallest absolute Gasteiger partial charge is 0.217 e. The predicted molar refractivity (Wildman–Crippen MR) is 82.7 cm³/mol. The fourth-order valence-electron chi connectivity index (χ4n) is 2.85. The summed E-state index contributed by atoms with van der Waals surface area (Å²) in [5.41, 5.74) is 0. The maximum Gasteiger partial charge on any atom is 0.217 e. The molecule has 10 nitrogen and oxygen atoms in total. The first-order chi connectivity index (χ1) is 11.6. The molecule has 1 unspecified atom stereocenters. The van der Waals surface area contributed by atoms with E-state index in [2.05, 4.69) is 15.4 Å². The molecule has 2 aliphatic heterocycles. The van der Waals surface area contributed by atoms with Crippen LogP contribution < -0.4 is 0 Å². The van der Waals surface area contributed by atoms with Crippen molar-refractivity contribution in [1.29, 1.82) is 0 Å². The standard InChI is InChI=1S/C13H23N5O5S/c1-21-8-5-18-15-13(14-16-18)12-10-17(4-9-23-12)24(19,20)11-2-6-22-7-3-11/h11-12H,2-10H2,1H3. The minimum atomic E-state index is -3.36. The van der Waals surface area contributed by atoms with Gasteiger partial charge in [-0.15, -0.1) is 10.2 Å². The van der Waals surface area contributed by atoms with Crippen molar-refractivity contribution in [3.05, 3.63) is 5.82 Å². The van der Waals surface area contributed by atoms with E-state index in [9.17, 15) is 8.42 Å². The van der Waals surface area contributed by atoms with Crippen LogP contribution in [0.15, 0.2) is 0 Å². The Balaban J connectivity index is 1.66. The highest BCUT2D eigenvalue weighted by molar-refractivity contribution is 7.89. The first-order valence-corrected chi connectivity index (χ1v) is 9.56. The summed E-state index contributed by atoms with van der Waals surface area (Å²) in [5.74, 6) is 0.401. The van der Waals surface area contributed by atoms with Crippen LogP contribution in [0, 0.1) is 0 Å². The SMILES string of the molecule is COCCn1nnc(C2CN(S(=O)(=O)C3CCOCC3)CCO2)n1. The minimum Gasteiger partial charge on any atom is -0.383 e. The molecule has 1 atom stereocenters. The molecular weight excluding hydrogens is 338 g/mol. The number of methoxy groups -OCH3 is 1. The molecule has 2 fully saturated rings. The van der Waals surface area contributed by atoms with E-state index in [1.165, 1.54) is 9.10 Å². The summed E-state index contributed by atoms with van der Waals surface area (Å²) >= 11 is 0. The highest BCUT2D eigenvalue weighted by atomic mass is 32.2. The minimum absolute atomic E-state index is 0.218. The lowest BCUT2D eigenvalue weighted by molar-refractivity contribution is -0.00854. The molecule has 0 saturated carbocycles. The zero-order chi connectivity index (χ0) is 17.0. The Labute approximate surface area is 141 Å². The van der Waals surface area contributed by atoms with E-state index in [0.29, 0.717) is 58.2 Å². The molecule has 0 aromatic carbocycles. The van der Waals surface area contributed by atoms with E-state index in [0.717, 1.165) is 0 Å². The second-order valence-corrected chi connectivity index (χ2v) is 8.02. The van der Waals surface area contributed by atoms with Crippen molar-refractivity contribution < 1.29 is 22.6 Å². The second-order valence-electron chi connectivity index (χ2n) is 5.81. The van der Waals surface area contributed by atoms with E-state index in [1.54, 1.807) is 7.11 Å². The largest absolute Gasteiger partial charge is 0.383 e. The van der Waals surface area contributed by atoms with Crippen molar-refractivity contribution in [1.82, 2.24) is 24.5 Å². The maximum absolute atomic E-state index is 12.8. The number of morpholine rings is 1. The van der Waals surface area contributed by atoms with Crippen molar-refractivity contribution in [3.8, 4) is 0 Å². The number of aromatic nitrogens is 4. The Hall–Kier alpha value is -1.14. The molecule has 0 spiro atoms. The quantitative estimate of drug-likeness (QED) is 0.648. The molecule has 2 aliphatic rings. The topological polar surface area (TPSA) is 109 Å². The van der Waals surface area contributed by atoms with E-state index >= 15 is 0 Å². The zero-order valence-electron chi connectivity index (χ0n) is 13.7. The molecule has 2 saturated heterocycles. The van der Waals surface area contributed by atoms with Gasteiger partial charge in [-0.05, 0) is 18.1 Å². The summed E-state index contributed by atoms with van der Waals surface area (Å²) in [6, 6.07) is 0. The number of sulfonamides is 1. The normalized spacial score (nSPS) is 24.3. The van der Waals surface area contributed by atoms with E-state index in [4.69, 9.17) is 14.2 Å². The van der Waals surface area contributed by atoms with Crippen LogP contribution >= 0.6 is 0 Å².